The van der Waals surface area contributed by atoms with Crippen LogP contribution in [-0.2, 0) is 49.1 Å². The van der Waals surface area contributed by atoms with Crippen LogP contribution < -0.4 is 0 Å². The SMILES string of the molecule is [2H]c1nc(-c2[c-]c(-c3cccc4c3nc(-c3cc(C(C([2H])([2H])[2H])(C([2H])([2H])[2H])C([2H])([2H])[2H])cc(C(C([2H])([2H])[2H])(C([2H])([2H])[2H])C([2H])([2H])[2H])c3O)n4-c3ccc(-c4ccccc4)c(CC(C)C)c3)cc(C(C)(C)C)c2)c([2H])c(-c2c([2H])c([2H])c(C(C([2H])([2H])[2H])(C([2H])([2H])[2H])C([2H])([2H])[2H])c([2H])c2[2H])c1[2H].[Pt]. The van der Waals surface area contributed by atoms with Crippen molar-refractivity contribution in [2.45, 2.75) is 124 Å². The van der Waals surface area contributed by atoms with Gasteiger partial charge in [0.1, 0.15) is 11.6 Å². The zero-order chi connectivity index (χ0) is 76.1. The van der Waals surface area contributed by atoms with E-state index in [4.69, 9.17) is 47.5 Å². The van der Waals surface area contributed by atoms with Crippen molar-refractivity contribution in [3.63, 3.8) is 0 Å². The maximum Gasteiger partial charge on any atom is 0.148 e. The van der Waals surface area contributed by atoms with E-state index in [0.29, 0.717) is 29.2 Å². The van der Waals surface area contributed by atoms with E-state index in [1.54, 1.807) is 63.2 Å². The van der Waals surface area contributed by atoms with E-state index < -0.39 is 176 Å². The zero-order valence-electron chi connectivity index (χ0n) is 71.0. The summed E-state index contributed by atoms with van der Waals surface area (Å²) in [6.45, 7) is -28.4. The van der Waals surface area contributed by atoms with Crippen LogP contribution in [0.2, 0.25) is 0 Å². The summed E-state index contributed by atoms with van der Waals surface area (Å²) in [5, 5.41) is 13.1. The van der Waals surface area contributed by atoms with Crippen LogP contribution in [0.5, 0.6) is 5.75 Å². The van der Waals surface area contributed by atoms with Gasteiger partial charge in [-0.2, -0.15) is 0 Å². The molecule has 0 atom stereocenters. The molecule has 5 heteroatoms. The fourth-order valence-electron chi connectivity index (χ4n) is 7.76. The Bertz CT molecular complexity index is 4360. The van der Waals surface area contributed by atoms with Crippen molar-refractivity contribution >= 4 is 11.0 Å². The number of imidazole rings is 1. The topological polar surface area (TPSA) is 50.9 Å². The summed E-state index contributed by atoms with van der Waals surface area (Å²) in [6, 6.07) is 18.1. The smallest absolute Gasteiger partial charge is 0.148 e. The molecule has 0 aliphatic carbocycles. The first-order valence-corrected chi connectivity index (χ1v) is 20.9. The summed E-state index contributed by atoms with van der Waals surface area (Å²) in [5.41, 5.74) is -18.9. The molecule has 0 saturated heterocycles. The third-order valence-corrected chi connectivity index (χ3v) is 11.1. The standard InChI is InChI=1S/C62H68N3O.Pt/c1-39(2)31-43-35-49(27-28-50(43)41-19-16-15-17-20-41)65-55-22-18-21-51(56(55)64-58(65)52-37-48(61(9,10)11)38-53(57(52)66)62(12,13)14)44-32-45(34-47(33-44)60(6,7)8)54-36-42(29-30-63-54)40-23-25-46(26-24-40)59(3,4)5;/h15-30,33-39,66H,31H2,1-14H3;/q-1;/i3D3,4D3,5D3,9D3,10D3,11D3,12D3,13D3,14D3,23D,24D,25D,26D,29D,30D,36D;. The van der Waals surface area contributed by atoms with Gasteiger partial charge in [-0.05, 0) is 103 Å². The molecule has 4 nitrogen and oxygen atoms in total. The molecule has 67 heavy (non-hydrogen) atoms. The normalized spacial score (nSPS) is 21.6. The molecule has 0 spiro atoms. The van der Waals surface area contributed by atoms with Crippen LogP contribution in [0.4, 0.5) is 0 Å². The number of hydrogen-bond acceptors (Lipinski definition) is 3. The molecule has 6 aromatic carbocycles. The number of hydrogen-bond donors (Lipinski definition) is 1. The second kappa shape index (κ2) is 18.5. The van der Waals surface area contributed by atoms with Gasteiger partial charge < -0.3 is 5.11 Å². The molecule has 0 aliphatic heterocycles. The van der Waals surface area contributed by atoms with Crippen LogP contribution in [0, 0.1) is 12.0 Å². The molecule has 2 heterocycles. The van der Waals surface area contributed by atoms with Gasteiger partial charge in [-0.15, -0.1) is 29.3 Å². The number of pyridine rings is 1. The minimum atomic E-state index is -4.29. The second-order valence-electron chi connectivity index (χ2n) is 17.8. The Labute approximate surface area is 463 Å². The van der Waals surface area contributed by atoms with E-state index >= 15 is 0 Å². The van der Waals surface area contributed by atoms with Gasteiger partial charge in [-0.25, -0.2) is 4.98 Å². The monoisotopic (exact) mass is 1100 g/mol. The van der Waals surface area contributed by atoms with E-state index in [1.165, 1.54) is 28.8 Å². The number of benzene rings is 6. The van der Waals surface area contributed by atoms with Gasteiger partial charge in [-0.3, -0.25) is 9.55 Å². The second-order valence-corrected chi connectivity index (χ2v) is 17.8. The molecule has 0 amide bonds. The number of phenols is 1. The first-order valence-electron chi connectivity index (χ1n) is 37.9. The zero-order valence-corrected chi connectivity index (χ0v) is 39.3. The van der Waals surface area contributed by atoms with Crippen LogP contribution in [0.15, 0.2) is 133 Å². The van der Waals surface area contributed by atoms with Crippen molar-refractivity contribution in [3.8, 4) is 67.5 Å². The van der Waals surface area contributed by atoms with Crippen molar-refractivity contribution in [2.24, 2.45) is 5.92 Å². The Balaban J connectivity index is 0.0000143. The Kier molecular flexibility index (Phi) is 6.02. The number of fused-ring (bicyclic) bond motifs is 1. The molecule has 0 bridgehead atoms. The number of phenolic OH excluding ortho intramolecular Hbond substituents is 1. The Morgan fingerprint density at radius 2 is 1.31 bits per heavy atom. The summed E-state index contributed by atoms with van der Waals surface area (Å²) in [7, 11) is 0. The molecule has 2 aromatic heterocycles. The minimum Gasteiger partial charge on any atom is -0.507 e. The summed E-state index contributed by atoms with van der Waals surface area (Å²) in [5.74, 6) is -2.21. The van der Waals surface area contributed by atoms with E-state index in [1.807, 2.05) is 26.0 Å². The van der Waals surface area contributed by atoms with Crippen LogP contribution in [0.1, 0.15) is 171 Å². The van der Waals surface area contributed by atoms with Gasteiger partial charge in [0.15, 0.2) is 0 Å². The predicted molar refractivity (Wildman–Crippen MR) is 280 cm³/mol. The van der Waals surface area contributed by atoms with Gasteiger partial charge in [0, 0.05) is 81.2 Å². The first kappa shape index (κ1) is 21.8. The number of nitrogens with zero attached hydrogens (tertiary/aromatic N) is 3. The van der Waals surface area contributed by atoms with Crippen molar-refractivity contribution < 1.29 is 72.8 Å². The molecule has 348 valence electrons. The quantitative estimate of drug-likeness (QED) is 0.154. The van der Waals surface area contributed by atoms with E-state index in [-0.39, 0.29) is 66.5 Å². The predicted octanol–water partition coefficient (Wildman–Crippen LogP) is 16.6. The number of aromatic nitrogens is 3. The largest absolute Gasteiger partial charge is 0.507 e. The molecule has 0 aliphatic rings. The molecular formula is C62H68N3OPt-. The summed E-state index contributed by atoms with van der Waals surface area (Å²) in [4.78, 5) is 9.30. The van der Waals surface area contributed by atoms with Crippen LogP contribution in [-0.4, -0.2) is 19.6 Å². The molecule has 8 aromatic rings. The van der Waals surface area contributed by atoms with Crippen molar-refractivity contribution in [1.29, 1.82) is 0 Å². The Morgan fingerprint density at radius 1 is 0.642 bits per heavy atom. The molecule has 1 N–H and O–H groups in total. The number of rotatable bonds is 8. The third kappa shape index (κ3) is 10.3. The van der Waals surface area contributed by atoms with Crippen molar-refractivity contribution in [2.75, 3.05) is 0 Å². The molecular weight excluding hydrogens is 998 g/mol. The average molecular weight is 1100 g/mol. The van der Waals surface area contributed by atoms with Crippen molar-refractivity contribution in [1.82, 2.24) is 14.5 Å². The molecule has 8 rings (SSSR count). The van der Waals surface area contributed by atoms with Crippen molar-refractivity contribution in [3.05, 3.63) is 167 Å². The fourth-order valence-corrected chi connectivity index (χ4v) is 7.76. The maximum absolute atomic E-state index is 13.1. The van der Waals surface area contributed by atoms with E-state index in [0.717, 1.165) is 5.56 Å². The summed E-state index contributed by atoms with van der Waals surface area (Å²) in [6.07, 6.45) is -0.591. The number of para-hydroxylation sites is 1. The van der Waals surface area contributed by atoms with Gasteiger partial charge in [-0.1, -0.05) is 192 Å². The fraction of sp³-hybridized carbons (Fsp3) is 0.323. The van der Waals surface area contributed by atoms with E-state index in [9.17, 15) is 9.22 Å². The third-order valence-electron chi connectivity index (χ3n) is 11.1. The van der Waals surface area contributed by atoms with Crippen LogP contribution >= 0.6 is 0 Å². The maximum atomic E-state index is 13.1. The van der Waals surface area contributed by atoms with Crippen LogP contribution in [0.3, 0.4) is 0 Å². The number of aromatic hydroxyl groups is 1. The average Bonchev–Trinajstić information content (AvgIpc) is 0.870. The first-order chi connectivity index (χ1) is 45.1. The minimum absolute atomic E-state index is 0. The Hall–Kier alpha value is -5.57. The Morgan fingerprint density at radius 3 is 1.99 bits per heavy atom. The molecule has 0 radical (unpaired) electrons. The van der Waals surface area contributed by atoms with Gasteiger partial charge in [0.25, 0.3) is 0 Å². The van der Waals surface area contributed by atoms with Gasteiger partial charge in [0.05, 0.1) is 26.2 Å². The molecule has 0 saturated carbocycles. The van der Waals surface area contributed by atoms with Gasteiger partial charge in [0.2, 0.25) is 0 Å². The summed E-state index contributed by atoms with van der Waals surface area (Å²) >= 11 is 0. The van der Waals surface area contributed by atoms with Crippen LogP contribution in [0.25, 0.3) is 72.7 Å². The molecule has 0 fully saturated rings. The van der Waals surface area contributed by atoms with Gasteiger partial charge >= 0.3 is 0 Å². The molecule has 0 unspecified atom stereocenters. The van der Waals surface area contributed by atoms with E-state index in [2.05, 4.69) is 11.1 Å². The summed E-state index contributed by atoms with van der Waals surface area (Å²) < 4.78 is 298.